The number of halogens is 3. The van der Waals surface area contributed by atoms with E-state index in [4.69, 9.17) is 4.74 Å². The van der Waals surface area contributed by atoms with Gasteiger partial charge in [0.15, 0.2) is 11.6 Å². The minimum atomic E-state index is -1.04. The summed E-state index contributed by atoms with van der Waals surface area (Å²) in [5.74, 6) is -2.22. The Balaban J connectivity index is 2.82. The lowest BCUT2D eigenvalue weighted by Gasteiger charge is -2.25. The molecular formula is C12H15BrF2O2. The van der Waals surface area contributed by atoms with E-state index in [2.05, 4.69) is 15.9 Å². The third-order valence-corrected chi connectivity index (χ3v) is 3.23. The van der Waals surface area contributed by atoms with Crippen LogP contribution in [0.3, 0.4) is 0 Å². The van der Waals surface area contributed by atoms with E-state index in [0.29, 0.717) is 17.3 Å². The number of aliphatic hydroxyl groups is 1. The lowest BCUT2D eigenvalue weighted by atomic mass is 9.99. The van der Waals surface area contributed by atoms with Gasteiger partial charge in [0.2, 0.25) is 5.82 Å². The van der Waals surface area contributed by atoms with Crippen LogP contribution in [0, 0.1) is 11.6 Å². The maximum Gasteiger partial charge on any atom is 0.200 e. The Kier molecular flexibility index (Phi) is 4.89. The molecule has 0 aromatic heterocycles. The first-order valence-electron chi connectivity index (χ1n) is 5.41. The third kappa shape index (κ3) is 3.64. The van der Waals surface area contributed by atoms with Gasteiger partial charge in [-0.25, -0.2) is 4.39 Å². The number of hydrogen-bond donors (Lipinski definition) is 1. The molecule has 1 rings (SSSR count). The fraction of sp³-hybridized carbons (Fsp3) is 0.500. The van der Waals surface area contributed by atoms with Crippen LogP contribution in [0.2, 0.25) is 0 Å². The Labute approximate surface area is 108 Å². The molecule has 1 aromatic carbocycles. The molecule has 0 amide bonds. The lowest BCUT2D eigenvalue weighted by molar-refractivity contribution is -0.0125. The summed E-state index contributed by atoms with van der Waals surface area (Å²) < 4.78 is 32.0. The molecule has 96 valence electrons. The highest BCUT2D eigenvalue weighted by molar-refractivity contribution is 9.10. The van der Waals surface area contributed by atoms with Crippen LogP contribution in [0.5, 0.6) is 5.75 Å². The molecule has 0 saturated carbocycles. The first kappa shape index (κ1) is 14.4. The second-order valence-corrected chi connectivity index (χ2v) is 4.84. The molecule has 1 aromatic rings. The van der Waals surface area contributed by atoms with Crippen LogP contribution in [0.1, 0.15) is 26.7 Å². The molecule has 2 nitrogen and oxygen atoms in total. The van der Waals surface area contributed by atoms with Crippen molar-refractivity contribution in [3.8, 4) is 5.75 Å². The van der Waals surface area contributed by atoms with Crippen molar-refractivity contribution in [3.05, 3.63) is 28.2 Å². The van der Waals surface area contributed by atoms with E-state index in [1.165, 1.54) is 6.07 Å². The minimum absolute atomic E-state index is 0.0627. The fourth-order valence-electron chi connectivity index (χ4n) is 1.30. The van der Waals surface area contributed by atoms with Gasteiger partial charge < -0.3 is 9.84 Å². The monoisotopic (exact) mass is 308 g/mol. The summed E-state index contributed by atoms with van der Waals surface area (Å²) in [5.41, 5.74) is -1.01. The van der Waals surface area contributed by atoms with E-state index < -0.39 is 17.2 Å². The van der Waals surface area contributed by atoms with E-state index in [0.717, 1.165) is 6.07 Å². The summed E-state index contributed by atoms with van der Waals surface area (Å²) in [6, 6.07) is 2.36. The maximum atomic E-state index is 13.4. The van der Waals surface area contributed by atoms with Crippen LogP contribution in [0.4, 0.5) is 8.78 Å². The van der Waals surface area contributed by atoms with Crippen LogP contribution in [0.15, 0.2) is 16.6 Å². The predicted octanol–water partition coefficient (Wildman–Crippen LogP) is 3.66. The Morgan fingerprint density at radius 2 is 1.88 bits per heavy atom. The zero-order valence-corrected chi connectivity index (χ0v) is 11.4. The number of ether oxygens (including phenoxy) is 1. The van der Waals surface area contributed by atoms with E-state index in [-0.39, 0.29) is 12.4 Å². The van der Waals surface area contributed by atoms with E-state index in [1.807, 2.05) is 13.8 Å². The predicted molar refractivity (Wildman–Crippen MR) is 65.1 cm³/mol. The van der Waals surface area contributed by atoms with Gasteiger partial charge in [0, 0.05) is 4.47 Å². The summed E-state index contributed by atoms with van der Waals surface area (Å²) in [6.45, 7) is 3.56. The van der Waals surface area contributed by atoms with Crippen molar-refractivity contribution in [1.82, 2.24) is 0 Å². The zero-order valence-electron chi connectivity index (χ0n) is 9.77. The van der Waals surface area contributed by atoms with Crippen molar-refractivity contribution in [2.24, 2.45) is 0 Å². The van der Waals surface area contributed by atoms with E-state index >= 15 is 0 Å². The smallest absolute Gasteiger partial charge is 0.200 e. The third-order valence-electron chi connectivity index (χ3n) is 2.77. The topological polar surface area (TPSA) is 29.5 Å². The van der Waals surface area contributed by atoms with Gasteiger partial charge in [-0.05, 0) is 25.0 Å². The van der Waals surface area contributed by atoms with Crippen LogP contribution in [-0.2, 0) is 0 Å². The molecule has 0 heterocycles. The highest BCUT2D eigenvalue weighted by Gasteiger charge is 2.24. The highest BCUT2D eigenvalue weighted by Crippen LogP contribution is 2.26. The van der Waals surface area contributed by atoms with Gasteiger partial charge in [-0.15, -0.1) is 0 Å². The molecule has 0 spiro atoms. The van der Waals surface area contributed by atoms with Crippen LogP contribution < -0.4 is 4.74 Å². The number of hydrogen-bond acceptors (Lipinski definition) is 2. The summed E-state index contributed by atoms with van der Waals surface area (Å²) in [4.78, 5) is 0. The maximum absolute atomic E-state index is 13.4. The number of rotatable bonds is 5. The Morgan fingerprint density at radius 1 is 1.29 bits per heavy atom. The summed E-state index contributed by atoms with van der Waals surface area (Å²) >= 11 is 3.05. The Bertz CT molecular complexity index is 392. The van der Waals surface area contributed by atoms with Gasteiger partial charge in [0.1, 0.15) is 6.61 Å². The summed E-state index contributed by atoms with van der Waals surface area (Å²) in [7, 11) is 0. The first-order valence-corrected chi connectivity index (χ1v) is 6.21. The van der Waals surface area contributed by atoms with Crippen LogP contribution >= 0.6 is 15.9 Å². The van der Waals surface area contributed by atoms with Gasteiger partial charge in [-0.3, -0.25) is 0 Å². The van der Waals surface area contributed by atoms with Crippen molar-refractivity contribution in [1.29, 1.82) is 0 Å². The van der Waals surface area contributed by atoms with Crippen LogP contribution in [-0.4, -0.2) is 17.3 Å². The molecular weight excluding hydrogens is 294 g/mol. The van der Waals surface area contributed by atoms with Gasteiger partial charge in [0.05, 0.1) is 5.60 Å². The average Bonchev–Trinajstić information content (AvgIpc) is 2.31. The quantitative estimate of drug-likeness (QED) is 0.841. The molecule has 5 heteroatoms. The molecule has 0 saturated heterocycles. The molecule has 0 aliphatic rings. The largest absolute Gasteiger partial charge is 0.487 e. The fourth-order valence-corrected chi connectivity index (χ4v) is 1.71. The summed E-state index contributed by atoms with van der Waals surface area (Å²) in [5, 5.41) is 9.97. The van der Waals surface area contributed by atoms with Gasteiger partial charge >= 0.3 is 0 Å². The molecule has 0 aliphatic heterocycles. The van der Waals surface area contributed by atoms with Gasteiger partial charge in [-0.1, -0.05) is 29.8 Å². The van der Waals surface area contributed by atoms with Crippen molar-refractivity contribution < 1.29 is 18.6 Å². The highest BCUT2D eigenvalue weighted by atomic mass is 79.9. The molecule has 0 aliphatic carbocycles. The SMILES string of the molecule is CCC(O)(CC)COc1cc(Br)cc(F)c1F. The molecule has 0 radical (unpaired) electrons. The molecule has 1 N–H and O–H groups in total. The normalized spacial score (nSPS) is 11.6. The van der Waals surface area contributed by atoms with Gasteiger partial charge in [0.25, 0.3) is 0 Å². The number of benzene rings is 1. The second-order valence-electron chi connectivity index (χ2n) is 3.92. The minimum Gasteiger partial charge on any atom is -0.487 e. The van der Waals surface area contributed by atoms with E-state index in [9.17, 15) is 13.9 Å². The molecule has 0 atom stereocenters. The standard InChI is InChI=1S/C12H15BrF2O2/c1-3-12(16,4-2)7-17-10-6-8(13)5-9(14)11(10)15/h5-6,16H,3-4,7H2,1-2H3. The van der Waals surface area contributed by atoms with Crippen LogP contribution in [0.25, 0.3) is 0 Å². The van der Waals surface area contributed by atoms with Gasteiger partial charge in [-0.2, -0.15) is 4.39 Å². The average molecular weight is 309 g/mol. The van der Waals surface area contributed by atoms with Crippen molar-refractivity contribution >= 4 is 15.9 Å². The molecule has 0 fully saturated rings. The molecule has 17 heavy (non-hydrogen) atoms. The van der Waals surface area contributed by atoms with E-state index in [1.54, 1.807) is 0 Å². The second kappa shape index (κ2) is 5.78. The molecule has 0 bridgehead atoms. The van der Waals surface area contributed by atoms with Crippen molar-refractivity contribution in [3.63, 3.8) is 0 Å². The lowest BCUT2D eigenvalue weighted by Crippen LogP contribution is -2.34. The summed E-state index contributed by atoms with van der Waals surface area (Å²) in [6.07, 6.45) is 0.975. The van der Waals surface area contributed by atoms with Crippen molar-refractivity contribution in [2.75, 3.05) is 6.61 Å². The Morgan fingerprint density at radius 3 is 2.41 bits per heavy atom. The van der Waals surface area contributed by atoms with Crippen molar-refractivity contribution in [2.45, 2.75) is 32.3 Å². The first-order chi connectivity index (χ1) is 7.91. The Hall–Kier alpha value is -0.680. The molecule has 0 unspecified atom stereocenters. The zero-order chi connectivity index (χ0) is 13.1.